The van der Waals surface area contributed by atoms with Crippen molar-refractivity contribution in [1.29, 1.82) is 0 Å². The number of carbonyl (C=O) groups is 2. The number of rotatable bonds is 6. The molecule has 1 amide bonds. The van der Waals surface area contributed by atoms with Crippen LogP contribution in [0.4, 0.5) is 0 Å². The van der Waals surface area contributed by atoms with Crippen LogP contribution in [0, 0.1) is 0 Å². The van der Waals surface area contributed by atoms with Gasteiger partial charge in [-0.3, -0.25) is 4.79 Å². The first-order valence-electron chi connectivity index (χ1n) is 7.45. The van der Waals surface area contributed by atoms with E-state index in [0.29, 0.717) is 13.0 Å². The van der Waals surface area contributed by atoms with Crippen LogP contribution in [0.1, 0.15) is 37.8 Å². The van der Waals surface area contributed by atoms with Crippen LogP contribution in [-0.4, -0.2) is 31.1 Å². The average molecular weight is 290 g/mol. The summed E-state index contributed by atoms with van der Waals surface area (Å²) >= 11 is 0. The molecule has 1 aromatic carbocycles. The molecule has 1 aliphatic rings. The second-order valence-corrected chi connectivity index (χ2v) is 5.16. The zero-order chi connectivity index (χ0) is 15.1. The first kappa shape index (κ1) is 15.5. The van der Waals surface area contributed by atoms with Crippen LogP contribution in [0.15, 0.2) is 30.3 Å². The fourth-order valence-electron chi connectivity index (χ4n) is 2.52. The van der Waals surface area contributed by atoms with E-state index in [1.54, 1.807) is 6.92 Å². The second-order valence-electron chi connectivity index (χ2n) is 5.16. The number of esters is 1. The molecular weight excluding hydrogens is 268 g/mol. The van der Waals surface area contributed by atoms with Crippen molar-refractivity contribution in [3.63, 3.8) is 0 Å². The van der Waals surface area contributed by atoms with E-state index in [4.69, 9.17) is 4.74 Å². The number of amides is 1. The lowest BCUT2D eigenvalue weighted by atomic mass is 10.1. The zero-order valence-electron chi connectivity index (χ0n) is 12.3. The van der Waals surface area contributed by atoms with Gasteiger partial charge in [0.15, 0.2) is 6.04 Å². The molecule has 1 aliphatic heterocycles. The van der Waals surface area contributed by atoms with Crippen LogP contribution < -0.4 is 10.6 Å². The molecule has 0 aliphatic carbocycles. The maximum absolute atomic E-state index is 12.1. The monoisotopic (exact) mass is 290 g/mol. The molecule has 1 unspecified atom stereocenters. The van der Waals surface area contributed by atoms with Gasteiger partial charge < -0.3 is 15.4 Å². The Kier molecular flexibility index (Phi) is 5.75. The van der Waals surface area contributed by atoms with Gasteiger partial charge in [-0.15, -0.1) is 0 Å². The molecule has 0 spiro atoms. The summed E-state index contributed by atoms with van der Waals surface area (Å²) in [6.07, 6.45) is 2.49. The van der Waals surface area contributed by atoms with E-state index < -0.39 is 12.0 Å². The highest BCUT2D eigenvalue weighted by atomic mass is 16.5. The molecule has 1 fully saturated rings. The smallest absolute Gasteiger partial charge is 0.333 e. The van der Waals surface area contributed by atoms with E-state index in [1.165, 1.54) is 0 Å². The molecule has 2 rings (SSSR count). The first-order valence-corrected chi connectivity index (χ1v) is 7.45. The summed E-state index contributed by atoms with van der Waals surface area (Å²) in [6, 6.07) is 8.66. The van der Waals surface area contributed by atoms with Gasteiger partial charge >= 0.3 is 5.97 Å². The van der Waals surface area contributed by atoms with E-state index in [2.05, 4.69) is 10.6 Å². The molecule has 5 heteroatoms. The molecule has 1 saturated heterocycles. The minimum absolute atomic E-state index is 0.128. The summed E-state index contributed by atoms with van der Waals surface area (Å²) in [5.41, 5.74) is 0.740. The number of hydrogen-bond acceptors (Lipinski definition) is 4. The predicted octanol–water partition coefficient (Wildman–Crippen LogP) is 1.55. The standard InChI is InChI=1S/C16H22N2O3/c1-2-21-16(20)15(12-7-4-3-5-8-12)18-14(19)11-13-9-6-10-17-13/h3-5,7-8,13,15,17H,2,6,9-11H2,1H3,(H,18,19)/t13?,15-/m1/s1. The maximum Gasteiger partial charge on any atom is 0.333 e. The summed E-state index contributed by atoms with van der Waals surface area (Å²) in [5, 5.41) is 6.07. The Labute approximate surface area is 125 Å². The molecule has 2 atom stereocenters. The van der Waals surface area contributed by atoms with Crippen LogP contribution in [0.2, 0.25) is 0 Å². The first-order chi connectivity index (χ1) is 10.2. The van der Waals surface area contributed by atoms with Gasteiger partial charge in [0.1, 0.15) is 0 Å². The Morgan fingerprint density at radius 2 is 2.14 bits per heavy atom. The van der Waals surface area contributed by atoms with Gasteiger partial charge in [-0.25, -0.2) is 4.79 Å². The number of carbonyl (C=O) groups excluding carboxylic acids is 2. The van der Waals surface area contributed by atoms with Crippen molar-refractivity contribution >= 4 is 11.9 Å². The second kappa shape index (κ2) is 7.78. The van der Waals surface area contributed by atoms with Crippen LogP contribution in [0.5, 0.6) is 0 Å². The van der Waals surface area contributed by atoms with Crippen LogP contribution >= 0.6 is 0 Å². The molecule has 1 heterocycles. The molecular formula is C16H22N2O3. The van der Waals surface area contributed by atoms with Crippen LogP contribution in [-0.2, 0) is 14.3 Å². The van der Waals surface area contributed by atoms with Crippen molar-refractivity contribution < 1.29 is 14.3 Å². The van der Waals surface area contributed by atoms with Crippen molar-refractivity contribution in [3.05, 3.63) is 35.9 Å². The third-order valence-corrected chi connectivity index (χ3v) is 3.55. The lowest BCUT2D eigenvalue weighted by Crippen LogP contribution is -2.38. The Bertz CT molecular complexity index is 470. The lowest BCUT2D eigenvalue weighted by Gasteiger charge is -2.19. The average Bonchev–Trinajstić information content (AvgIpc) is 2.98. The zero-order valence-corrected chi connectivity index (χ0v) is 12.3. The van der Waals surface area contributed by atoms with Gasteiger partial charge in [-0.1, -0.05) is 30.3 Å². The molecule has 0 saturated carbocycles. The van der Waals surface area contributed by atoms with Crippen molar-refractivity contribution in [2.24, 2.45) is 0 Å². The molecule has 1 aromatic rings. The summed E-state index contributed by atoms with van der Waals surface area (Å²) in [5.74, 6) is -0.548. The number of hydrogen-bond donors (Lipinski definition) is 2. The number of ether oxygens (including phenoxy) is 1. The van der Waals surface area contributed by atoms with Crippen molar-refractivity contribution in [2.45, 2.75) is 38.3 Å². The Hall–Kier alpha value is -1.88. The molecule has 0 bridgehead atoms. The minimum atomic E-state index is -0.736. The highest BCUT2D eigenvalue weighted by Crippen LogP contribution is 2.16. The summed E-state index contributed by atoms with van der Waals surface area (Å²) < 4.78 is 5.06. The van der Waals surface area contributed by atoms with Gasteiger partial charge in [0.05, 0.1) is 6.61 Å². The largest absolute Gasteiger partial charge is 0.464 e. The molecule has 2 N–H and O–H groups in total. The number of nitrogens with one attached hydrogen (secondary N) is 2. The van der Waals surface area contributed by atoms with Crippen LogP contribution in [0.25, 0.3) is 0 Å². The van der Waals surface area contributed by atoms with Gasteiger partial charge in [0.2, 0.25) is 5.91 Å². The van der Waals surface area contributed by atoms with E-state index in [9.17, 15) is 9.59 Å². The summed E-state index contributed by atoms with van der Waals surface area (Å²) in [7, 11) is 0. The molecule has 114 valence electrons. The number of benzene rings is 1. The van der Waals surface area contributed by atoms with Crippen LogP contribution in [0.3, 0.4) is 0 Å². The fourth-order valence-corrected chi connectivity index (χ4v) is 2.52. The maximum atomic E-state index is 12.1. The van der Waals surface area contributed by atoms with E-state index in [1.807, 2.05) is 30.3 Å². The quantitative estimate of drug-likeness (QED) is 0.780. The van der Waals surface area contributed by atoms with Crippen molar-refractivity contribution in [2.75, 3.05) is 13.2 Å². The van der Waals surface area contributed by atoms with Gasteiger partial charge in [0.25, 0.3) is 0 Å². The third kappa shape index (κ3) is 4.56. The minimum Gasteiger partial charge on any atom is -0.464 e. The van der Waals surface area contributed by atoms with Gasteiger partial charge in [-0.2, -0.15) is 0 Å². The normalized spacial score (nSPS) is 19.0. The van der Waals surface area contributed by atoms with E-state index >= 15 is 0 Å². The summed E-state index contributed by atoms with van der Waals surface area (Å²) in [6.45, 7) is 3.00. The molecule has 0 radical (unpaired) electrons. The summed E-state index contributed by atoms with van der Waals surface area (Å²) in [4.78, 5) is 24.2. The van der Waals surface area contributed by atoms with Gasteiger partial charge in [0, 0.05) is 12.5 Å². The van der Waals surface area contributed by atoms with E-state index in [-0.39, 0.29) is 11.9 Å². The Morgan fingerprint density at radius 1 is 1.38 bits per heavy atom. The SMILES string of the molecule is CCOC(=O)[C@H](NC(=O)CC1CCCN1)c1ccccc1. The Balaban J connectivity index is 2.01. The lowest BCUT2D eigenvalue weighted by molar-refractivity contribution is -0.147. The fraction of sp³-hybridized carbons (Fsp3) is 0.500. The highest BCUT2D eigenvalue weighted by molar-refractivity contribution is 5.85. The molecule has 21 heavy (non-hydrogen) atoms. The highest BCUT2D eigenvalue weighted by Gasteiger charge is 2.25. The molecule has 0 aromatic heterocycles. The topological polar surface area (TPSA) is 67.4 Å². The van der Waals surface area contributed by atoms with Crippen molar-refractivity contribution in [1.82, 2.24) is 10.6 Å². The van der Waals surface area contributed by atoms with Gasteiger partial charge in [-0.05, 0) is 31.9 Å². The van der Waals surface area contributed by atoms with Crippen molar-refractivity contribution in [3.8, 4) is 0 Å². The van der Waals surface area contributed by atoms with E-state index in [0.717, 1.165) is 24.9 Å². The third-order valence-electron chi connectivity index (χ3n) is 3.55. The predicted molar refractivity (Wildman–Crippen MR) is 79.6 cm³/mol. The Morgan fingerprint density at radius 3 is 2.76 bits per heavy atom. The molecule has 5 nitrogen and oxygen atoms in total.